The summed E-state index contributed by atoms with van der Waals surface area (Å²) in [5.41, 5.74) is 0. The van der Waals surface area contributed by atoms with Crippen LogP contribution in [0.5, 0.6) is 0 Å². The maximum absolute atomic E-state index is 11.4. The van der Waals surface area contributed by atoms with Gasteiger partial charge in [-0.15, -0.1) is 0 Å². The molecule has 0 bridgehead atoms. The Morgan fingerprint density at radius 3 is 1.46 bits per heavy atom. The number of hydrogen-bond donors (Lipinski definition) is 0. The van der Waals surface area contributed by atoms with Crippen molar-refractivity contribution in [2.75, 3.05) is 13.2 Å². The third-order valence-electron chi connectivity index (χ3n) is 0.677. The largest absolute Gasteiger partial charge is 0.400 e. The van der Waals surface area contributed by atoms with Crippen molar-refractivity contribution in [1.29, 1.82) is 0 Å². The minimum absolute atomic E-state index is 1.41. The first-order valence-electron chi connectivity index (χ1n) is 2.93. The molecule has 0 aliphatic rings. The molecule has 0 aliphatic heterocycles. The van der Waals surface area contributed by atoms with Crippen LogP contribution in [0.1, 0.15) is 0 Å². The van der Waals surface area contributed by atoms with E-state index in [9.17, 15) is 26.0 Å². The first kappa shape index (κ1) is 12.6. The van der Waals surface area contributed by atoms with Gasteiger partial charge in [0.1, 0.15) is 13.2 Å². The van der Waals surface area contributed by atoms with Crippen molar-refractivity contribution in [2.24, 2.45) is 0 Å². The van der Waals surface area contributed by atoms with E-state index >= 15 is 0 Å². The fourth-order valence-electron chi connectivity index (χ4n) is 0.304. The monoisotopic (exact) mass is 226 g/mol. The van der Waals surface area contributed by atoms with Crippen LogP contribution in [0.2, 0.25) is 0 Å². The minimum atomic E-state index is -4.73. The summed E-state index contributed by atoms with van der Waals surface area (Å²) in [7, 11) is -4.73. The van der Waals surface area contributed by atoms with Gasteiger partial charge in [-0.25, -0.2) is 25.9 Å². The van der Waals surface area contributed by atoms with Crippen LogP contribution >= 0.6 is 0 Å². The molecule has 0 aliphatic carbocycles. The third-order valence-corrected chi connectivity index (χ3v) is 1.53. The summed E-state index contributed by atoms with van der Waals surface area (Å²) in [6.07, 6.45) is -6.02. The van der Waals surface area contributed by atoms with E-state index in [-0.39, 0.29) is 0 Å². The molecule has 4 nitrogen and oxygen atoms in total. The summed E-state index contributed by atoms with van der Waals surface area (Å²) in [5.74, 6) is 0. The summed E-state index contributed by atoms with van der Waals surface area (Å²) in [4.78, 5) is 0. The molecule has 13 heavy (non-hydrogen) atoms. The zero-order valence-corrected chi connectivity index (χ0v) is 6.94. The summed E-state index contributed by atoms with van der Waals surface area (Å²) in [6.45, 7) is -2.82. The van der Waals surface area contributed by atoms with E-state index in [0.29, 0.717) is 0 Å². The van der Waals surface area contributed by atoms with Gasteiger partial charge in [0.05, 0.1) is 0 Å². The Bertz CT molecular complexity index is 208. The van der Waals surface area contributed by atoms with Gasteiger partial charge < -0.3 is 0 Å². The summed E-state index contributed by atoms with van der Waals surface area (Å²) >= 11 is 0. The van der Waals surface area contributed by atoms with Crippen LogP contribution in [-0.4, -0.2) is 34.5 Å². The highest BCUT2D eigenvalue weighted by molar-refractivity contribution is 7.81. The Kier molecular flexibility index (Phi) is 5.18. The molecule has 0 saturated heterocycles. The van der Waals surface area contributed by atoms with Gasteiger partial charge in [0.15, 0.2) is 0 Å². The number of rotatable bonds is 6. The van der Waals surface area contributed by atoms with Crippen molar-refractivity contribution in [3.05, 3.63) is 0 Å². The zero-order chi connectivity index (χ0) is 10.5. The molecule has 0 aromatic rings. The van der Waals surface area contributed by atoms with Crippen molar-refractivity contribution in [2.45, 2.75) is 12.9 Å². The van der Waals surface area contributed by atoms with Gasteiger partial charge in [0, 0.05) is 0 Å². The Labute approximate surface area is 71.8 Å². The Balaban J connectivity index is 3.81. The summed E-state index contributed by atoms with van der Waals surface area (Å²) in [6, 6.07) is 0. The summed E-state index contributed by atoms with van der Waals surface area (Å²) in [5, 5.41) is 0. The molecule has 0 spiro atoms. The summed E-state index contributed by atoms with van der Waals surface area (Å²) < 4.78 is 73.2. The molecular weight excluding hydrogens is 220 g/mol. The highest BCUT2D eigenvalue weighted by Crippen LogP contribution is 2.03. The van der Waals surface area contributed by atoms with Crippen molar-refractivity contribution in [3.8, 4) is 0 Å². The smallest absolute Gasteiger partial charge is 0.242 e. The minimum Gasteiger partial charge on any atom is -0.242 e. The normalized spacial score (nSPS) is 12.8. The van der Waals surface area contributed by atoms with Crippen LogP contribution in [0.4, 0.5) is 17.6 Å². The van der Waals surface area contributed by atoms with E-state index in [0.717, 1.165) is 0 Å². The molecule has 0 heterocycles. The highest BCUT2D eigenvalue weighted by atomic mass is 32.3. The van der Waals surface area contributed by atoms with Crippen molar-refractivity contribution < 1.29 is 34.3 Å². The first-order valence-corrected chi connectivity index (χ1v) is 4.27. The molecule has 0 unspecified atom stereocenters. The SMILES string of the molecule is O=S(=O)(OCC(F)F)OCC(F)F. The second-order valence-electron chi connectivity index (χ2n) is 1.76. The molecule has 0 saturated carbocycles. The lowest BCUT2D eigenvalue weighted by atomic mass is 10.8. The second-order valence-corrected chi connectivity index (χ2v) is 3.05. The Morgan fingerprint density at radius 1 is 0.923 bits per heavy atom. The van der Waals surface area contributed by atoms with Gasteiger partial charge in [-0.3, -0.25) is 0 Å². The molecule has 0 aromatic carbocycles. The molecule has 0 atom stereocenters. The van der Waals surface area contributed by atoms with Crippen molar-refractivity contribution in [1.82, 2.24) is 0 Å². The Morgan fingerprint density at radius 2 is 1.23 bits per heavy atom. The van der Waals surface area contributed by atoms with Crippen LogP contribution in [0.3, 0.4) is 0 Å². The van der Waals surface area contributed by atoms with Crippen LogP contribution < -0.4 is 0 Å². The molecule has 80 valence electrons. The number of alkyl halides is 4. The maximum Gasteiger partial charge on any atom is 0.400 e. The van der Waals surface area contributed by atoms with Gasteiger partial charge in [-0.05, 0) is 0 Å². The van der Waals surface area contributed by atoms with Gasteiger partial charge in [-0.1, -0.05) is 0 Å². The predicted molar refractivity (Wildman–Crippen MR) is 32.8 cm³/mol. The second kappa shape index (κ2) is 5.35. The number of halogens is 4. The van der Waals surface area contributed by atoms with Crippen LogP contribution in [0.15, 0.2) is 0 Å². The fourth-order valence-corrected chi connectivity index (χ4v) is 0.911. The lowest BCUT2D eigenvalue weighted by Gasteiger charge is -2.04. The van der Waals surface area contributed by atoms with Gasteiger partial charge in [0.25, 0.3) is 12.9 Å². The van der Waals surface area contributed by atoms with E-state index in [4.69, 9.17) is 0 Å². The number of hydrogen-bond acceptors (Lipinski definition) is 4. The van der Waals surface area contributed by atoms with E-state index in [1.165, 1.54) is 0 Å². The molecule has 0 fully saturated rings. The molecular formula is C4H6F4O4S. The molecule has 0 rings (SSSR count). The first-order chi connectivity index (χ1) is 5.83. The maximum atomic E-state index is 11.4. The fraction of sp³-hybridized carbons (Fsp3) is 1.00. The average molecular weight is 226 g/mol. The van der Waals surface area contributed by atoms with Crippen LogP contribution in [-0.2, 0) is 18.8 Å². The molecule has 9 heteroatoms. The third kappa shape index (κ3) is 7.94. The average Bonchev–Trinajstić information content (AvgIpc) is 1.98. The van der Waals surface area contributed by atoms with Crippen LogP contribution in [0.25, 0.3) is 0 Å². The van der Waals surface area contributed by atoms with Gasteiger partial charge >= 0.3 is 10.4 Å². The van der Waals surface area contributed by atoms with Gasteiger partial charge in [-0.2, -0.15) is 8.42 Å². The highest BCUT2D eigenvalue weighted by Gasteiger charge is 2.17. The zero-order valence-electron chi connectivity index (χ0n) is 6.12. The van der Waals surface area contributed by atoms with E-state index in [1.54, 1.807) is 0 Å². The quantitative estimate of drug-likeness (QED) is 0.628. The topological polar surface area (TPSA) is 52.6 Å². The van der Waals surface area contributed by atoms with Crippen molar-refractivity contribution >= 4 is 10.4 Å². The van der Waals surface area contributed by atoms with Crippen molar-refractivity contribution in [3.63, 3.8) is 0 Å². The molecule has 0 amide bonds. The lowest BCUT2D eigenvalue weighted by molar-refractivity contribution is 0.0515. The molecule has 0 radical (unpaired) electrons. The van der Waals surface area contributed by atoms with Crippen LogP contribution in [0, 0.1) is 0 Å². The molecule has 0 N–H and O–H groups in total. The van der Waals surface area contributed by atoms with E-state index in [2.05, 4.69) is 8.37 Å². The standard InChI is InChI=1S/C4H6F4O4S/c5-3(6)1-11-13(9,10)12-2-4(7)8/h3-4H,1-2H2. The Hall–Kier alpha value is -0.410. The van der Waals surface area contributed by atoms with E-state index in [1.807, 2.05) is 0 Å². The molecule has 0 aromatic heterocycles. The van der Waals surface area contributed by atoms with Gasteiger partial charge in [0.2, 0.25) is 0 Å². The predicted octanol–water partition coefficient (Wildman–Crippen LogP) is 0.795. The van der Waals surface area contributed by atoms with E-state index < -0.39 is 36.5 Å². The lowest BCUT2D eigenvalue weighted by Crippen LogP contribution is -2.17.